The van der Waals surface area contributed by atoms with Crippen molar-refractivity contribution in [1.82, 2.24) is 15.1 Å². The van der Waals surface area contributed by atoms with Gasteiger partial charge in [0.25, 0.3) is 11.5 Å². The molecular weight excluding hydrogens is 394 g/mol. The van der Waals surface area contributed by atoms with Crippen molar-refractivity contribution in [2.45, 2.75) is 39.5 Å². The zero-order chi connectivity index (χ0) is 22.1. The summed E-state index contributed by atoms with van der Waals surface area (Å²) in [5, 5.41) is 7.00. The van der Waals surface area contributed by atoms with E-state index in [0.717, 1.165) is 24.0 Å². The Morgan fingerprint density at radius 2 is 1.84 bits per heavy atom. The lowest BCUT2D eigenvalue weighted by molar-refractivity contribution is 0.0943. The third-order valence-corrected chi connectivity index (χ3v) is 4.74. The van der Waals surface area contributed by atoms with E-state index in [2.05, 4.69) is 10.4 Å². The van der Waals surface area contributed by atoms with Gasteiger partial charge in [-0.05, 0) is 35.7 Å². The molecule has 1 N–H and O–H groups in total. The summed E-state index contributed by atoms with van der Waals surface area (Å²) in [5.74, 6) is 0.883. The molecule has 162 valence electrons. The average Bonchev–Trinajstić information content (AvgIpc) is 2.81. The van der Waals surface area contributed by atoms with Gasteiger partial charge < -0.3 is 14.8 Å². The average molecular weight is 421 g/mol. The lowest BCUT2D eigenvalue weighted by atomic mass is 10.2. The highest BCUT2D eigenvalue weighted by atomic mass is 16.5. The first-order valence-electron chi connectivity index (χ1n) is 10.3. The number of nitrogens with one attached hydrogen (secondary N) is 1. The van der Waals surface area contributed by atoms with Crippen molar-refractivity contribution in [3.8, 4) is 11.5 Å². The number of hydrogen-bond donors (Lipinski definition) is 1. The fourth-order valence-corrected chi connectivity index (χ4v) is 2.99. The maximum atomic E-state index is 12.5. The van der Waals surface area contributed by atoms with Crippen LogP contribution in [0.3, 0.4) is 0 Å². The number of amides is 1. The molecule has 0 radical (unpaired) electrons. The molecule has 0 saturated carbocycles. The van der Waals surface area contributed by atoms with Gasteiger partial charge in [-0.2, -0.15) is 5.10 Å². The van der Waals surface area contributed by atoms with Crippen molar-refractivity contribution < 1.29 is 14.3 Å². The second kappa shape index (κ2) is 11.0. The Morgan fingerprint density at radius 3 is 2.58 bits per heavy atom. The number of carbonyl (C=O) groups excluding carboxylic acids is 1. The Hall–Kier alpha value is -3.61. The van der Waals surface area contributed by atoms with E-state index in [1.165, 1.54) is 16.8 Å². The highest BCUT2D eigenvalue weighted by Gasteiger charge is 2.11. The van der Waals surface area contributed by atoms with Gasteiger partial charge >= 0.3 is 0 Å². The molecule has 0 bridgehead atoms. The molecule has 0 aliphatic rings. The molecule has 3 rings (SSSR count). The minimum absolute atomic E-state index is 0.208. The number of hydrogen-bond acceptors (Lipinski definition) is 5. The van der Waals surface area contributed by atoms with Crippen LogP contribution in [-0.4, -0.2) is 22.8 Å². The van der Waals surface area contributed by atoms with Crippen molar-refractivity contribution >= 4 is 5.91 Å². The Bertz CT molecular complexity index is 1060. The summed E-state index contributed by atoms with van der Waals surface area (Å²) >= 11 is 0. The van der Waals surface area contributed by atoms with E-state index >= 15 is 0 Å². The second-order valence-electron chi connectivity index (χ2n) is 7.08. The van der Waals surface area contributed by atoms with Crippen molar-refractivity contribution in [1.29, 1.82) is 0 Å². The number of methoxy groups -OCH3 is 1. The summed E-state index contributed by atoms with van der Waals surface area (Å²) in [5.41, 5.74) is 1.93. The van der Waals surface area contributed by atoms with Gasteiger partial charge in [0, 0.05) is 19.2 Å². The highest BCUT2D eigenvalue weighted by Crippen LogP contribution is 2.28. The van der Waals surface area contributed by atoms with Gasteiger partial charge in [-0.1, -0.05) is 49.7 Å². The molecule has 3 aromatic rings. The summed E-state index contributed by atoms with van der Waals surface area (Å²) in [6.07, 6.45) is 1.77. The maximum absolute atomic E-state index is 12.5. The van der Waals surface area contributed by atoms with Crippen LogP contribution in [0.2, 0.25) is 0 Å². The summed E-state index contributed by atoms with van der Waals surface area (Å²) < 4.78 is 12.6. The van der Waals surface area contributed by atoms with Crippen LogP contribution in [0.1, 0.15) is 41.4 Å². The maximum Gasteiger partial charge on any atom is 0.271 e. The summed E-state index contributed by atoms with van der Waals surface area (Å²) in [6.45, 7) is 3.27. The number of ether oxygens (including phenoxy) is 2. The third kappa shape index (κ3) is 6.18. The molecule has 31 heavy (non-hydrogen) atoms. The zero-order valence-corrected chi connectivity index (χ0v) is 17.8. The number of unbranched alkanes of at least 4 members (excludes halogenated alkanes) is 1. The topological polar surface area (TPSA) is 82.5 Å². The first kappa shape index (κ1) is 22.1. The normalized spacial score (nSPS) is 10.5. The Kier molecular flexibility index (Phi) is 7.81. The fraction of sp³-hybridized carbons (Fsp3) is 0.292. The zero-order valence-electron chi connectivity index (χ0n) is 17.8. The molecular formula is C24H27N3O4. The Balaban J connectivity index is 1.62. The predicted molar refractivity (Wildman–Crippen MR) is 118 cm³/mol. The summed E-state index contributed by atoms with van der Waals surface area (Å²) in [4.78, 5) is 24.4. The fourth-order valence-electron chi connectivity index (χ4n) is 2.99. The van der Waals surface area contributed by atoms with Crippen molar-refractivity contribution in [3.63, 3.8) is 0 Å². The molecule has 2 aromatic carbocycles. The van der Waals surface area contributed by atoms with Crippen molar-refractivity contribution in [2.75, 3.05) is 7.11 Å². The SMILES string of the molecule is CCCCn1nc(C(=O)NCc2ccc(OCc3ccccc3)c(OC)c2)ccc1=O. The monoisotopic (exact) mass is 421 g/mol. The van der Waals surface area contributed by atoms with Gasteiger partial charge in [0.05, 0.1) is 7.11 Å². The van der Waals surface area contributed by atoms with Crippen molar-refractivity contribution in [2.24, 2.45) is 0 Å². The minimum atomic E-state index is -0.339. The second-order valence-corrected chi connectivity index (χ2v) is 7.08. The number of carbonyl (C=O) groups is 1. The van der Waals surface area contributed by atoms with Gasteiger partial charge in [-0.3, -0.25) is 9.59 Å². The molecule has 1 amide bonds. The van der Waals surface area contributed by atoms with Crippen LogP contribution in [0.25, 0.3) is 0 Å². The number of aryl methyl sites for hydroxylation is 1. The van der Waals surface area contributed by atoms with Crippen molar-refractivity contribution in [3.05, 3.63) is 87.8 Å². The van der Waals surface area contributed by atoms with Gasteiger partial charge in [-0.25, -0.2) is 4.68 Å². The van der Waals surface area contributed by atoms with Gasteiger partial charge in [0.2, 0.25) is 0 Å². The van der Waals surface area contributed by atoms with E-state index in [1.54, 1.807) is 7.11 Å². The molecule has 0 aliphatic heterocycles. The molecule has 0 spiro atoms. The van der Waals surface area contributed by atoms with E-state index in [-0.39, 0.29) is 17.2 Å². The smallest absolute Gasteiger partial charge is 0.271 e. The molecule has 1 aromatic heterocycles. The first-order chi connectivity index (χ1) is 15.1. The molecule has 1 heterocycles. The van der Waals surface area contributed by atoms with Gasteiger partial charge in [-0.15, -0.1) is 0 Å². The van der Waals surface area contributed by atoms with E-state index < -0.39 is 0 Å². The van der Waals surface area contributed by atoms with Crippen LogP contribution in [0.15, 0.2) is 65.5 Å². The third-order valence-electron chi connectivity index (χ3n) is 4.74. The molecule has 7 nitrogen and oxygen atoms in total. The lowest BCUT2D eigenvalue weighted by Gasteiger charge is -2.13. The molecule has 0 saturated heterocycles. The molecule has 0 unspecified atom stereocenters. The molecule has 0 atom stereocenters. The van der Waals surface area contributed by atoms with Crippen LogP contribution in [-0.2, 0) is 19.7 Å². The Morgan fingerprint density at radius 1 is 1.03 bits per heavy atom. The van der Waals surface area contributed by atoms with Crippen LogP contribution < -0.4 is 20.3 Å². The summed E-state index contributed by atoms with van der Waals surface area (Å²) in [7, 11) is 1.58. The van der Waals surface area contributed by atoms with E-state index in [0.29, 0.717) is 31.2 Å². The van der Waals surface area contributed by atoms with Gasteiger partial charge in [0.1, 0.15) is 12.3 Å². The number of aromatic nitrogens is 2. The van der Waals surface area contributed by atoms with Gasteiger partial charge in [0.15, 0.2) is 11.5 Å². The number of rotatable bonds is 10. The minimum Gasteiger partial charge on any atom is -0.493 e. The standard InChI is InChI=1S/C24H27N3O4/c1-3-4-14-27-23(28)13-11-20(26-27)24(29)25-16-19-10-12-21(22(15-19)30-2)31-17-18-8-6-5-7-9-18/h5-13,15H,3-4,14,16-17H2,1-2H3,(H,25,29). The van der Waals surface area contributed by atoms with Crippen LogP contribution in [0.4, 0.5) is 0 Å². The largest absolute Gasteiger partial charge is 0.493 e. The first-order valence-corrected chi connectivity index (χ1v) is 10.3. The number of nitrogens with zero attached hydrogens (tertiary/aromatic N) is 2. The van der Waals surface area contributed by atoms with E-state index in [4.69, 9.17) is 9.47 Å². The van der Waals surface area contributed by atoms with E-state index in [9.17, 15) is 9.59 Å². The molecule has 0 fully saturated rings. The molecule has 0 aliphatic carbocycles. The van der Waals surface area contributed by atoms with E-state index in [1.807, 2.05) is 55.5 Å². The molecule has 7 heteroatoms. The highest BCUT2D eigenvalue weighted by molar-refractivity contribution is 5.91. The van der Waals surface area contributed by atoms with Crippen LogP contribution in [0.5, 0.6) is 11.5 Å². The number of benzene rings is 2. The quantitative estimate of drug-likeness (QED) is 0.541. The summed E-state index contributed by atoms with van der Waals surface area (Å²) in [6, 6.07) is 18.2. The lowest BCUT2D eigenvalue weighted by Crippen LogP contribution is -2.29. The van der Waals surface area contributed by atoms with Crippen LogP contribution >= 0.6 is 0 Å². The Labute approximate surface area is 181 Å². The van der Waals surface area contributed by atoms with Crippen LogP contribution in [0, 0.1) is 0 Å². The predicted octanol–water partition coefficient (Wildman–Crippen LogP) is 3.56.